The molecule has 0 atom stereocenters. The molecule has 0 spiro atoms. The molecule has 7 heteroatoms. The highest BCUT2D eigenvalue weighted by atomic mass is 32.1. The fraction of sp³-hybridized carbons (Fsp3) is 0.294. The molecule has 6 nitrogen and oxygen atoms in total. The second kappa shape index (κ2) is 7.02. The lowest BCUT2D eigenvalue weighted by Gasteiger charge is -2.03. The molecule has 0 radical (unpaired) electrons. The Morgan fingerprint density at radius 2 is 2.21 bits per heavy atom. The van der Waals surface area contributed by atoms with Crippen LogP contribution in [0.4, 0.5) is 0 Å². The second-order valence-electron chi connectivity index (χ2n) is 5.54. The molecule has 1 aliphatic heterocycles. The number of hydrogen-bond donors (Lipinski definition) is 1. The third-order valence-corrected chi connectivity index (χ3v) is 4.75. The van der Waals surface area contributed by atoms with Gasteiger partial charge in [0.1, 0.15) is 5.01 Å². The van der Waals surface area contributed by atoms with Crippen LogP contribution in [0.25, 0.3) is 10.6 Å². The first-order chi connectivity index (χ1) is 11.9. The summed E-state index contributed by atoms with van der Waals surface area (Å²) in [7, 11) is 0. The minimum Gasteiger partial charge on any atom is -0.454 e. The Morgan fingerprint density at radius 1 is 1.25 bits per heavy atom. The molecule has 2 aromatic heterocycles. The van der Waals surface area contributed by atoms with Gasteiger partial charge in [-0.2, -0.15) is 0 Å². The van der Waals surface area contributed by atoms with Crippen molar-refractivity contribution >= 4 is 11.3 Å². The van der Waals surface area contributed by atoms with Crippen LogP contribution in [0, 0.1) is 0 Å². The average Bonchev–Trinajstić information content (AvgIpc) is 3.35. The van der Waals surface area contributed by atoms with E-state index in [-0.39, 0.29) is 0 Å². The highest BCUT2D eigenvalue weighted by molar-refractivity contribution is 7.13. The maximum Gasteiger partial charge on any atom is 0.231 e. The van der Waals surface area contributed by atoms with Crippen LogP contribution >= 0.6 is 11.3 Å². The van der Waals surface area contributed by atoms with Crippen molar-refractivity contribution in [2.75, 3.05) is 13.3 Å². The summed E-state index contributed by atoms with van der Waals surface area (Å²) in [6.45, 7) is 3.01. The Morgan fingerprint density at radius 3 is 3.12 bits per heavy atom. The fourth-order valence-electron chi connectivity index (χ4n) is 2.57. The molecule has 3 aromatic rings. The van der Waals surface area contributed by atoms with Gasteiger partial charge in [0.2, 0.25) is 6.79 Å². The van der Waals surface area contributed by atoms with Crippen molar-refractivity contribution in [1.29, 1.82) is 0 Å². The van der Waals surface area contributed by atoms with Crippen LogP contribution in [0.1, 0.15) is 12.1 Å². The summed E-state index contributed by atoms with van der Waals surface area (Å²) in [6, 6.07) is 5.95. The van der Waals surface area contributed by atoms with Gasteiger partial charge in [0, 0.05) is 36.4 Å². The topological polar surface area (TPSA) is 61.2 Å². The number of thiazole rings is 1. The molecule has 1 aliphatic rings. The minimum atomic E-state index is 0.297. The Hall–Kier alpha value is -2.38. The molecular formula is C17H18N4O2S. The number of imidazole rings is 1. The van der Waals surface area contributed by atoms with Crippen molar-refractivity contribution in [3.63, 3.8) is 0 Å². The highest BCUT2D eigenvalue weighted by Gasteiger charge is 2.15. The van der Waals surface area contributed by atoms with Gasteiger partial charge in [0.15, 0.2) is 11.5 Å². The fourth-order valence-corrected chi connectivity index (χ4v) is 3.39. The van der Waals surface area contributed by atoms with Crippen LogP contribution in [0.2, 0.25) is 0 Å². The van der Waals surface area contributed by atoms with Gasteiger partial charge in [-0.1, -0.05) is 0 Å². The van der Waals surface area contributed by atoms with Gasteiger partial charge < -0.3 is 19.4 Å². The van der Waals surface area contributed by atoms with Gasteiger partial charge in [-0.25, -0.2) is 9.97 Å². The molecule has 3 heterocycles. The highest BCUT2D eigenvalue weighted by Crippen LogP contribution is 2.36. The summed E-state index contributed by atoms with van der Waals surface area (Å²) >= 11 is 1.65. The van der Waals surface area contributed by atoms with E-state index < -0.39 is 0 Å². The van der Waals surface area contributed by atoms with E-state index in [0.717, 1.165) is 53.8 Å². The summed E-state index contributed by atoms with van der Waals surface area (Å²) in [5, 5.41) is 6.54. The number of rotatable bonds is 7. The molecule has 1 aromatic carbocycles. The lowest BCUT2D eigenvalue weighted by Crippen LogP contribution is -2.16. The minimum absolute atomic E-state index is 0.297. The van der Waals surface area contributed by atoms with Crippen molar-refractivity contribution in [2.24, 2.45) is 0 Å². The van der Waals surface area contributed by atoms with Crippen LogP contribution in [-0.2, 0) is 13.1 Å². The Labute approximate surface area is 144 Å². The molecule has 0 bridgehead atoms. The smallest absolute Gasteiger partial charge is 0.231 e. The first-order valence-electron chi connectivity index (χ1n) is 7.89. The zero-order valence-electron chi connectivity index (χ0n) is 13.1. The predicted octanol–water partition coefficient (Wildman–Crippen LogP) is 2.92. The van der Waals surface area contributed by atoms with Crippen LogP contribution in [0.5, 0.6) is 11.5 Å². The Bertz CT molecular complexity index is 801. The summed E-state index contributed by atoms with van der Waals surface area (Å²) < 4.78 is 12.9. The molecule has 0 aliphatic carbocycles. The maximum atomic E-state index is 5.43. The molecule has 124 valence electrons. The van der Waals surface area contributed by atoms with Crippen molar-refractivity contribution in [2.45, 2.75) is 19.5 Å². The van der Waals surface area contributed by atoms with Crippen LogP contribution in [0.15, 0.2) is 42.3 Å². The molecule has 0 amide bonds. The summed E-state index contributed by atoms with van der Waals surface area (Å²) in [6.07, 6.45) is 6.70. The largest absolute Gasteiger partial charge is 0.454 e. The number of hydrogen-bond acceptors (Lipinski definition) is 6. The van der Waals surface area contributed by atoms with Gasteiger partial charge in [-0.3, -0.25) is 0 Å². The Balaban J connectivity index is 1.28. The van der Waals surface area contributed by atoms with Gasteiger partial charge in [0.25, 0.3) is 0 Å². The zero-order chi connectivity index (χ0) is 16.2. The summed E-state index contributed by atoms with van der Waals surface area (Å²) in [5.74, 6) is 1.59. The number of ether oxygens (including phenoxy) is 2. The lowest BCUT2D eigenvalue weighted by molar-refractivity contribution is 0.174. The van der Waals surface area contributed by atoms with E-state index >= 15 is 0 Å². The van der Waals surface area contributed by atoms with E-state index in [0.29, 0.717) is 6.79 Å². The molecule has 24 heavy (non-hydrogen) atoms. The SMILES string of the molecule is c1cn(CCCNCc2csc(-c3ccc4c(c3)OCO4)n2)cn1. The monoisotopic (exact) mass is 342 g/mol. The van der Waals surface area contributed by atoms with E-state index in [1.807, 2.05) is 30.7 Å². The van der Waals surface area contributed by atoms with Gasteiger partial charge in [0.05, 0.1) is 12.0 Å². The predicted molar refractivity (Wildman–Crippen MR) is 92.2 cm³/mol. The van der Waals surface area contributed by atoms with Gasteiger partial charge in [-0.05, 0) is 31.2 Å². The van der Waals surface area contributed by atoms with Gasteiger partial charge >= 0.3 is 0 Å². The summed E-state index contributed by atoms with van der Waals surface area (Å²) in [4.78, 5) is 8.74. The second-order valence-corrected chi connectivity index (χ2v) is 6.40. The number of aryl methyl sites for hydroxylation is 1. The van der Waals surface area contributed by atoms with Crippen LogP contribution in [-0.4, -0.2) is 27.9 Å². The van der Waals surface area contributed by atoms with Crippen molar-refractivity contribution in [3.8, 4) is 22.1 Å². The maximum absolute atomic E-state index is 5.43. The standard InChI is InChI=1S/C17H18N4O2S/c1(6-21-7-5-19-11-21)4-18-9-14-10-24-17(20-14)13-2-3-15-16(8-13)23-12-22-15/h2-3,5,7-8,10-11,18H,1,4,6,9,12H2. The number of nitrogens with zero attached hydrogens (tertiary/aromatic N) is 3. The number of aromatic nitrogens is 3. The molecular weight excluding hydrogens is 324 g/mol. The van der Waals surface area contributed by atoms with E-state index in [1.54, 1.807) is 17.5 Å². The van der Waals surface area contributed by atoms with Crippen molar-refractivity contribution < 1.29 is 9.47 Å². The molecule has 0 unspecified atom stereocenters. The molecule has 4 rings (SSSR count). The first-order valence-corrected chi connectivity index (χ1v) is 8.77. The van der Waals surface area contributed by atoms with Crippen LogP contribution < -0.4 is 14.8 Å². The number of nitrogens with one attached hydrogen (secondary N) is 1. The third kappa shape index (κ3) is 3.42. The molecule has 1 N–H and O–H groups in total. The van der Waals surface area contributed by atoms with E-state index in [1.165, 1.54) is 0 Å². The zero-order valence-corrected chi connectivity index (χ0v) is 14.0. The Kier molecular flexibility index (Phi) is 4.44. The summed E-state index contributed by atoms with van der Waals surface area (Å²) in [5.41, 5.74) is 2.13. The van der Waals surface area contributed by atoms with E-state index in [2.05, 4.69) is 20.2 Å². The number of fused-ring (bicyclic) bond motifs is 1. The first kappa shape index (κ1) is 15.2. The van der Waals surface area contributed by atoms with E-state index in [4.69, 9.17) is 14.5 Å². The van der Waals surface area contributed by atoms with E-state index in [9.17, 15) is 0 Å². The molecule has 0 saturated heterocycles. The van der Waals surface area contributed by atoms with Gasteiger partial charge in [-0.15, -0.1) is 11.3 Å². The van der Waals surface area contributed by atoms with Crippen molar-refractivity contribution in [3.05, 3.63) is 48.0 Å². The third-order valence-electron chi connectivity index (χ3n) is 3.81. The number of benzene rings is 1. The molecule has 0 fully saturated rings. The normalized spacial score (nSPS) is 12.7. The van der Waals surface area contributed by atoms with Crippen molar-refractivity contribution in [1.82, 2.24) is 19.9 Å². The molecule has 0 saturated carbocycles. The average molecular weight is 342 g/mol. The lowest BCUT2D eigenvalue weighted by atomic mass is 10.2. The van der Waals surface area contributed by atoms with Crippen LogP contribution in [0.3, 0.4) is 0 Å². The quantitative estimate of drug-likeness (QED) is 0.669.